The van der Waals surface area contributed by atoms with Crippen molar-refractivity contribution in [2.75, 3.05) is 5.32 Å². The van der Waals surface area contributed by atoms with Crippen LogP contribution in [0, 0.1) is 6.92 Å². The minimum absolute atomic E-state index is 0.464. The molecule has 82 valence electrons. The highest BCUT2D eigenvalue weighted by Gasteiger charge is 2.26. The summed E-state index contributed by atoms with van der Waals surface area (Å²) in [6.07, 6.45) is -4.65. The van der Waals surface area contributed by atoms with Crippen molar-refractivity contribution < 1.29 is 13.2 Å². The summed E-state index contributed by atoms with van der Waals surface area (Å²) in [4.78, 5) is 2.31. The van der Waals surface area contributed by atoms with Crippen LogP contribution in [0.4, 0.5) is 18.9 Å². The largest absolute Gasteiger partial charge is 0.506 e. The Morgan fingerprint density at radius 2 is 1.80 bits per heavy atom. The first-order valence-corrected chi connectivity index (χ1v) is 4.12. The van der Waals surface area contributed by atoms with Crippen LogP contribution >= 0.6 is 0 Å². The number of nitrogens with one attached hydrogen (secondary N) is 1. The summed E-state index contributed by atoms with van der Waals surface area (Å²) in [6.45, 7) is 1.87. The number of nitrogens with zero attached hydrogens (tertiary/aromatic N) is 1. The standard InChI is InChI=1S/C9H10F3N3/c1-6-2-4-7(5-3-6)14-8(13)15-9(10,11)12/h2-5H,1H3,(H3,13,14,15). The molecule has 0 aliphatic carbocycles. The lowest BCUT2D eigenvalue weighted by Crippen LogP contribution is -2.25. The van der Waals surface area contributed by atoms with Gasteiger partial charge in [0, 0.05) is 5.69 Å². The molecule has 0 atom stereocenters. The Hall–Kier alpha value is -1.72. The third kappa shape index (κ3) is 4.35. The summed E-state index contributed by atoms with van der Waals surface area (Å²) < 4.78 is 35.3. The van der Waals surface area contributed by atoms with Gasteiger partial charge in [-0.2, -0.15) is 4.99 Å². The Kier molecular flexibility index (Phi) is 3.18. The first kappa shape index (κ1) is 11.4. The molecular weight excluding hydrogens is 207 g/mol. The number of rotatable bonds is 1. The Bertz CT molecular complexity index is 354. The van der Waals surface area contributed by atoms with Crippen molar-refractivity contribution in [2.45, 2.75) is 13.2 Å². The molecule has 0 heterocycles. The van der Waals surface area contributed by atoms with Crippen LogP contribution in [0.25, 0.3) is 0 Å². The molecule has 0 unspecified atom stereocenters. The second kappa shape index (κ2) is 4.20. The van der Waals surface area contributed by atoms with E-state index >= 15 is 0 Å². The fourth-order valence-electron chi connectivity index (χ4n) is 0.949. The number of aliphatic imine (C=N–C) groups is 1. The van der Waals surface area contributed by atoms with Crippen LogP contribution in [0.1, 0.15) is 5.56 Å². The lowest BCUT2D eigenvalue weighted by atomic mass is 10.2. The first-order chi connectivity index (χ1) is 6.87. The molecule has 0 aliphatic rings. The Morgan fingerprint density at radius 3 is 2.27 bits per heavy atom. The van der Waals surface area contributed by atoms with Gasteiger partial charge in [-0.05, 0) is 19.1 Å². The maximum atomic E-state index is 11.8. The van der Waals surface area contributed by atoms with Crippen LogP contribution in [-0.2, 0) is 0 Å². The molecule has 6 heteroatoms. The highest BCUT2D eigenvalue weighted by atomic mass is 19.4. The fraction of sp³-hybridized carbons (Fsp3) is 0.222. The van der Waals surface area contributed by atoms with Gasteiger partial charge in [0.05, 0.1) is 0 Å². The summed E-state index contributed by atoms with van der Waals surface area (Å²) in [7, 11) is 0. The third-order valence-corrected chi connectivity index (χ3v) is 1.57. The van der Waals surface area contributed by atoms with E-state index in [0.29, 0.717) is 5.69 Å². The van der Waals surface area contributed by atoms with Crippen molar-refractivity contribution in [3.63, 3.8) is 0 Å². The van der Waals surface area contributed by atoms with Crippen LogP contribution in [0.15, 0.2) is 29.3 Å². The second-order valence-electron chi connectivity index (χ2n) is 2.96. The molecule has 3 nitrogen and oxygen atoms in total. The average molecular weight is 217 g/mol. The van der Waals surface area contributed by atoms with Gasteiger partial charge in [-0.3, -0.25) is 0 Å². The van der Waals surface area contributed by atoms with E-state index in [9.17, 15) is 13.2 Å². The summed E-state index contributed by atoms with van der Waals surface area (Å²) in [5.41, 5.74) is 6.52. The van der Waals surface area contributed by atoms with Crippen LogP contribution in [0.5, 0.6) is 0 Å². The molecule has 1 aromatic rings. The SMILES string of the molecule is Cc1ccc(NC(N)=NC(F)(F)F)cc1. The Morgan fingerprint density at radius 1 is 1.27 bits per heavy atom. The monoisotopic (exact) mass is 217 g/mol. The Labute approximate surface area is 84.8 Å². The van der Waals surface area contributed by atoms with Gasteiger partial charge in [0.1, 0.15) is 0 Å². The predicted molar refractivity (Wildman–Crippen MR) is 52.5 cm³/mol. The molecule has 1 rings (SSSR count). The maximum absolute atomic E-state index is 11.8. The van der Waals surface area contributed by atoms with E-state index in [4.69, 9.17) is 5.73 Å². The van der Waals surface area contributed by atoms with Gasteiger partial charge in [-0.25, -0.2) is 0 Å². The normalized spacial score (nSPS) is 12.7. The van der Waals surface area contributed by atoms with Gasteiger partial charge < -0.3 is 11.1 Å². The van der Waals surface area contributed by atoms with Crippen LogP contribution in [0.3, 0.4) is 0 Å². The lowest BCUT2D eigenvalue weighted by Gasteiger charge is -2.06. The Balaban J connectivity index is 2.70. The van der Waals surface area contributed by atoms with E-state index in [2.05, 4.69) is 10.3 Å². The van der Waals surface area contributed by atoms with Gasteiger partial charge in [-0.1, -0.05) is 17.7 Å². The molecule has 0 amide bonds. The molecule has 3 N–H and O–H groups in total. The van der Waals surface area contributed by atoms with E-state index in [1.54, 1.807) is 24.3 Å². The summed E-state index contributed by atoms with van der Waals surface area (Å²) >= 11 is 0. The van der Waals surface area contributed by atoms with Crippen molar-refractivity contribution in [1.82, 2.24) is 0 Å². The molecule has 1 aromatic carbocycles. The minimum atomic E-state index is -4.65. The highest BCUT2D eigenvalue weighted by Crippen LogP contribution is 2.16. The maximum Gasteiger partial charge on any atom is 0.506 e. The van der Waals surface area contributed by atoms with E-state index in [0.717, 1.165) is 5.56 Å². The van der Waals surface area contributed by atoms with Gasteiger partial charge in [-0.15, -0.1) is 13.2 Å². The number of hydrogen-bond acceptors (Lipinski definition) is 1. The number of anilines is 1. The molecule has 0 saturated heterocycles. The number of nitrogens with two attached hydrogens (primary N) is 1. The predicted octanol–water partition coefficient (Wildman–Crippen LogP) is 2.24. The number of aryl methyl sites for hydroxylation is 1. The third-order valence-electron chi connectivity index (χ3n) is 1.57. The summed E-state index contributed by atoms with van der Waals surface area (Å²) in [6, 6.07) is 6.74. The van der Waals surface area contributed by atoms with Crippen molar-refractivity contribution in [1.29, 1.82) is 0 Å². The number of hydrogen-bond donors (Lipinski definition) is 2. The van der Waals surface area contributed by atoms with Crippen LogP contribution in [-0.4, -0.2) is 12.3 Å². The van der Waals surface area contributed by atoms with Gasteiger partial charge in [0.2, 0.25) is 5.96 Å². The van der Waals surface area contributed by atoms with Crippen molar-refractivity contribution in [3.8, 4) is 0 Å². The van der Waals surface area contributed by atoms with Crippen molar-refractivity contribution >= 4 is 11.6 Å². The minimum Gasteiger partial charge on any atom is -0.369 e. The van der Waals surface area contributed by atoms with Crippen LogP contribution < -0.4 is 11.1 Å². The highest BCUT2D eigenvalue weighted by molar-refractivity contribution is 5.92. The second-order valence-corrected chi connectivity index (χ2v) is 2.96. The molecule has 0 fully saturated rings. The zero-order valence-electron chi connectivity index (χ0n) is 7.97. The summed E-state index contributed by atoms with van der Waals surface area (Å²) in [5.74, 6) is -0.675. The first-order valence-electron chi connectivity index (χ1n) is 4.12. The molecule has 0 aromatic heterocycles. The molecule has 0 aliphatic heterocycles. The fourth-order valence-corrected chi connectivity index (χ4v) is 0.949. The van der Waals surface area contributed by atoms with E-state index in [1.807, 2.05) is 6.92 Å². The zero-order valence-corrected chi connectivity index (χ0v) is 7.97. The molecule has 0 bridgehead atoms. The van der Waals surface area contributed by atoms with E-state index in [-0.39, 0.29) is 0 Å². The van der Waals surface area contributed by atoms with Gasteiger partial charge >= 0.3 is 6.30 Å². The molecule has 0 saturated carbocycles. The van der Waals surface area contributed by atoms with Gasteiger partial charge in [0.15, 0.2) is 0 Å². The van der Waals surface area contributed by atoms with Crippen molar-refractivity contribution in [3.05, 3.63) is 29.8 Å². The number of benzene rings is 1. The average Bonchev–Trinajstić information content (AvgIpc) is 2.05. The number of alkyl halides is 3. The van der Waals surface area contributed by atoms with E-state index in [1.165, 1.54) is 0 Å². The molecule has 15 heavy (non-hydrogen) atoms. The lowest BCUT2D eigenvalue weighted by molar-refractivity contribution is -0.119. The van der Waals surface area contributed by atoms with Crippen LogP contribution in [0.2, 0.25) is 0 Å². The zero-order chi connectivity index (χ0) is 11.5. The molecular formula is C9H10F3N3. The number of halogens is 3. The summed E-state index contributed by atoms with van der Waals surface area (Å²) in [5, 5.41) is 2.33. The number of guanidine groups is 1. The van der Waals surface area contributed by atoms with E-state index < -0.39 is 12.3 Å². The molecule has 0 spiro atoms. The van der Waals surface area contributed by atoms with Gasteiger partial charge in [0.25, 0.3) is 0 Å². The molecule has 0 radical (unpaired) electrons. The topological polar surface area (TPSA) is 50.4 Å². The quantitative estimate of drug-likeness (QED) is 0.430. The smallest absolute Gasteiger partial charge is 0.369 e. The van der Waals surface area contributed by atoms with Crippen molar-refractivity contribution in [2.24, 2.45) is 10.7 Å².